The molecule has 23 heavy (non-hydrogen) atoms. The van der Waals surface area contributed by atoms with Crippen molar-refractivity contribution in [2.75, 3.05) is 19.7 Å². The number of rotatable bonds is 2. The van der Waals surface area contributed by atoms with Crippen LogP contribution in [0.2, 0.25) is 5.02 Å². The lowest BCUT2D eigenvalue weighted by Gasteiger charge is -2.23. The van der Waals surface area contributed by atoms with Crippen molar-refractivity contribution >= 4 is 23.6 Å². The van der Waals surface area contributed by atoms with Crippen molar-refractivity contribution < 1.29 is 19.4 Å². The second kappa shape index (κ2) is 6.66. The van der Waals surface area contributed by atoms with Gasteiger partial charge in [-0.1, -0.05) is 17.7 Å². The molecule has 2 amide bonds. The quantitative estimate of drug-likeness (QED) is 0.869. The minimum Gasteiger partial charge on any atom is -0.493 e. The molecule has 2 aliphatic rings. The van der Waals surface area contributed by atoms with Crippen LogP contribution in [0.3, 0.4) is 0 Å². The third kappa shape index (κ3) is 3.52. The van der Waals surface area contributed by atoms with Gasteiger partial charge in [-0.3, -0.25) is 4.79 Å². The van der Waals surface area contributed by atoms with Gasteiger partial charge in [0.1, 0.15) is 5.75 Å². The Morgan fingerprint density at radius 1 is 1.35 bits per heavy atom. The van der Waals surface area contributed by atoms with E-state index in [2.05, 4.69) is 5.32 Å². The van der Waals surface area contributed by atoms with E-state index in [0.717, 1.165) is 18.4 Å². The lowest BCUT2D eigenvalue weighted by atomic mass is 10.0. The molecule has 0 radical (unpaired) electrons. The van der Waals surface area contributed by atoms with Crippen molar-refractivity contribution in [3.63, 3.8) is 0 Å². The van der Waals surface area contributed by atoms with Crippen molar-refractivity contribution in [2.24, 2.45) is 5.92 Å². The van der Waals surface area contributed by atoms with E-state index in [1.807, 2.05) is 6.07 Å². The molecule has 0 aromatic heterocycles. The highest BCUT2D eigenvalue weighted by Crippen LogP contribution is 2.33. The summed E-state index contributed by atoms with van der Waals surface area (Å²) >= 11 is 6.00. The number of nitrogens with one attached hydrogen (secondary N) is 1. The Labute approximate surface area is 139 Å². The maximum atomic E-state index is 12.4. The fraction of sp³-hybridized carbons (Fsp3) is 0.500. The Hall–Kier alpha value is -1.95. The summed E-state index contributed by atoms with van der Waals surface area (Å²) in [6.07, 6.45) is 2.11. The number of halogens is 1. The zero-order valence-electron chi connectivity index (χ0n) is 12.6. The highest BCUT2D eigenvalue weighted by Gasteiger charge is 2.32. The van der Waals surface area contributed by atoms with E-state index in [9.17, 15) is 9.59 Å². The molecule has 2 N–H and O–H groups in total. The average molecular weight is 339 g/mol. The van der Waals surface area contributed by atoms with Crippen molar-refractivity contribution in [2.45, 2.75) is 25.3 Å². The molecule has 7 heteroatoms. The number of fused-ring (bicyclic) bond motifs is 1. The van der Waals surface area contributed by atoms with Gasteiger partial charge in [-0.2, -0.15) is 0 Å². The molecule has 1 saturated heterocycles. The summed E-state index contributed by atoms with van der Waals surface area (Å²) in [6, 6.07) is 5.04. The summed E-state index contributed by atoms with van der Waals surface area (Å²) in [7, 11) is 0. The van der Waals surface area contributed by atoms with E-state index in [0.29, 0.717) is 30.3 Å². The van der Waals surface area contributed by atoms with Crippen LogP contribution in [0.25, 0.3) is 0 Å². The number of hydrogen-bond donors (Lipinski definition) is 2. The van der Waals surface area contributed by atoms with Crippen molar-refractivity contribution in [1.29, 1.82) is 0 Å². The van der Waals surface area contributed by atoms with Gasteiger partial charge in [-0.25, -0.2) is 4.79 Å². The van der Waals surface area contributed by atoms with Crippen LogP contribution in [-0.2, 0) is 4.79 Å². The van der Waals surface area contributed by atoms with Gasteiger partial charge in [-0.05, 0) is 31.4 Å². The van der Waals surface area contributed by atoms with Gasteiger partial charge in [0.05, 0.1) is 18.6 Å². The Bertz CT molecular complexity index is 622. The van der Waals surface area contributed by atoms with E-state index in [1.165, 1.54) is 0 Å². The maximum Gasteiger partial charge on any atom is 0.317 e. The van der Waals surface area contributed by atoms with Gasteiger partial charge in [0, 0.05) is 23.7 Å². The molecule has 1 fully saturated rings. The maximum absolute atomic E-state index is 12.4. The normalized spacial score (nSPS) is 23.6. The average Bonchev–Trinajstić information content (AvgIpc) is 2.93. The number of carboxylic acids is 1. The van der Waals surface area contributed by atoms with Crippen molar-refractivity contribution in [3.05, 3.63) is 28.8 Å². The standard InChI is InChI=1S/C16H19ClN2O4/c17-11-3-4-12-13(2-1-7-23-14(12)8-11)18-16(22)19-6-5-10(9-19)15(20)21/h3-4,8,10,13H,1-2,5-7,9H2,(H,18,22)(H,20,21). The minimum atomic E-state index is -0.844. The number of hydrogen-bond acceptors (Lipinski definition) is 3. The lowest BCUT2D eigenvalue weighted by Crippen LogP contribution is -2.40. The largest absolute Gasteiger partial charge is 0.493 e. The molecular weight excluding hydrogens is 320 g/mol. The number of carboxylic acid groups (broad SMARTS) is 1. The third-order valence-electron chi connectivity index (χ3n) is 4.37. The molecule has 124 valence electrons. The minimum absolute atomic E-state index is 0.152. The monoisotopic (exact) mass is 338 g/mol. The van der Waals surface area contributed by atoms with Crippen LogP contribution < -0.4 is 10.1 Å². The van der Waals surface area contributed by atoms with Crippen molar-refractivity contribution in [1.82, 2.24) is 10.2 Å². The van der Waals surface area contributed by atoms with E-state index >= 15 is 0 Å². The number of benzene rings is 1. The molecule has 1 aromatic carbocycles. The summed E-state index contributed by atoms with van der Waals surface area (Å²) in [5, 5.41) is 12.6. The number of carbonyl (C=O) groups is 2. The number of likely N-dealkylation sites (tertiary alicyclic amines) is 1. The number of carbonyl (C=O) groups excluding carboxylic acids is 1. The number of nitrogens with zero attached hydrogens (tertiary/aromatic N) is 1. The first-order valence-corrected chi connectivity index (χ1v) is 8.13. The van der Waals surface area contributed by atoms with Gasteiger partial charge in [-0.15, -0.1) is 0 Å². The predicted octanol–water partition coefficient (Wildman–Crippen LogP) is 2.67. The molecule has 0 aliphatic carbocycles. The van der Waals surface area contributed by atoms with E-state index < -0.39 is 11.9 Å². The van der Waals surface area contributed by atoms with Crippen LogP contribution in [0.15, 0.2) is 18.2 Å². The highest BCUT2D eigenvalue weighted by atomic mass is 35.5. The SMILES string of the molecule is O=C(O)C1CCN(C(=O)NC2CCCOc3cc(Cl)ccc32)C1. The fourth-order valence-corrected chi connectivity index (χ4v) is 3.24. The molecule has 2 aliphatic heterocycles. The zero-order valence-corrected chi connectivity index (χ0v) is 13.4. The van der Waals surface area contributed by atoms with E-state index in [-0.39, 0.29) is 18.6 Å². The second-order valence-corrected chi connectivity index (χ2v) is 6.38. The Morgan fingerprint density at radius 2 is 2.17 bits per heavy atom. The molecule has 6 nitrogen and oxygen atoms in total. The first-order chi connectivity index (χ1) is 11.0. The van der Waals surface area contributed by atoms with E-state index in [1.54, 1.807) is 17.0 Å². The topological polar surface area (TPSA) is 78.9 Å². The van der Waals surface area contributed by atoms with Gasteiger partial charge in [0.25, 0.3) is 0 Å². The van der Waals surface area contributed by atoms with E-state index in [4.69, 9.17) is 21.4 Å². The smallest absolute Gasteiger partial charge is 0.317 e. The highest BCUT2D eigenvalue weighted by molar-refractivity contribution is 6.30. The van der Waals surface area contributed by atoms with Crippen LogP contribution in [-0.4, -0.2) is 41.7 Å². The van der Waals surface area contributed by atoms with Crippen LogP contribution in [0.5, 0.6) is 5.75 Å². The predicted molar refractivity (Wildman–Crippen MR) is 84.8 cm³/mol. The van der Waals surface area contributed by atoms with Gasteiger partial charge < -0.3 is 20.1 Å². The number of urea groups is 1. The van der Waals surface area contributed by atoms with Gasteiger partial charge >= 0.3 is 12.0 Å². The Kier molecular flexibility index (Phi) is 4.61. The second-order valence-electron chi connectivity index (χ2n) is 5.94. The molecule has 0 saturated carbocycles. The molecule has 0 spiro atoms. The number of ether oxygens (including phenoxy) is 1. The Balaban J connectivity index is 1.70. The first-order valence-electron chi connectivity index (χ1n) is 7.75. The van der Waals surface area contributed by atoms with Crippen LogP contribution in [0.1, 0.15) is 30.9 Å². The summed E-state index contributed by atoms with van der Waals surface area (Å²) in [4.78, 5) is 25.0. The number of aliphatic carboxylic acids is 1. The van der Waals surface area contributed by atoms with Gasteiger partial charge in [0.2, 0.25) is 0 Å². The molecular formula is C16H19ClN2O4. The van der Waals surface area contributed by atoms with Crippen molar-refractivity contribution in [3.8, 4) is 5.75 Å². The summed E-state index contributed by atoms with van der Waals surface area (Å²) < 4.78 is 5.69. The number of amides is 2. The molecule has 2 heterocycles. The van der Waals surface area contributed by atoms with Gasteiger partial charge in [0.15, 0.2) is 0 Å². The summed E-state index contributed by atoms with van der Waals surface area (Å²) in [6.45, 7) is 1.32. The molecule has 2 unspecified atom stereocenters. The molecule has 1 aromatic rings. The molecule has 0 bridgehead atoms. The molecule has 3 rings (SSSR count). The fourth-order valence-electron chi connectivity index (χ4n) is 3.08. The van der Waals surface area contributed by atoms with Crippen LogP contribution in [0.4, 0.5) is 4.79 Å². The third-order valence-corrected chi connectivity index (χ3v) is 4.60. The van der Waals surface area contributed by atoms with Crippen LogP contribution >= 0.6 is 11.6 Å². The summed E-state index contributed by atoms with van der Waals surface area (Å²) in [5.41, 5.74) is 0.911. The zero-order chi connectivity index (χ0) is 16.4. The lowest BCUT2D eigenvalue weighted by molar-refractivity contribution is -0.141. The Morgan fingerprint density at radius 3 is 2.91 bits per heavy atom. The summed E-state index contributed by atoms with van der Waals surface area (Å²) in [5.74, 6) is -0.613. The first kappa shape index (κ1) is 15.9. The molecule has 2 atom stereocenters. The van der Waals surface area contributed by atoms with Crippen LogP contribution in [0, 0.1) is 5.92 Å².